The number of amides is 1. The molecule has 0 bridgehead atoms. The molecule has 2 aromatic rings. The number of hydrogen-bond donors (Lipinski definition) is 0. The molecule has 0 aliphatic rings. The average Bonchev–Trinajstić information content (AvgIpc) is 3.11. The van der Waals surface area contributed by atoms with Gasteiger partial charge in [0.15, 0.2) is 0 Å². The first kappa shape index (κ1) is 18.5. The summed E-state index contributed by atoms with van der Waals surface area (Å²) < 4.78 is 10.2. The summed E-state index contributed by atoms with van der Waals surface area (Å²) in [6, 6.07) is 11.5. The molecule has 25 heavy (non-hydrogen) atoms. The minimum absolute atomic E-state index is 0.151. The Labute approximate surface area is 147 Å². The van der Waals surface area contributed by atoms with Crippen molar-refractivity contribution in [3.8, 4) is 0 Å². The molecule has 1 aromatic carbocycles. The number of carbonyl (C=O) groups is 2. The van der Waals surface area contributed by atoms with Crippen LogP contribution in [0.25, 0.3) is 6.08 Å². The lowest BCUT2D eigenvalue weighted by atomic mass is 10.1. The molecule has 2 rings (SSSR count). The fourth-order valence-electron chi connectivity index (χ4n) is 2.27. The van der Waals surface area contributed by atoms with Crippen molar-refractivity contribution in [3.63, 3.8) is 0 Å². The van der Waals surface area contributed by atoms with Gasteiger partial charge in [-0.1, -0.05) is 29.8 Å². The van der Waals surface area contributed by atoms with E-state index in [4.69, 9.17) is 9.15 Å². The van der Waals surface area contributed by atoms with Gasteiger partial charge in [-0.3, -0.25) is 9.59 Å². The maximum atomic E-state index is 12.5. The van der Waals surface area contributed by atoms with Gasteiger partial charge in [0.2, 0.25) is 5.91 Å². The molecule has 132 valence electrons. The molecule has 5 nitrogen and oxygen atoms in total. The largest absolute Gasteiger partial charge is 0.467 e. The number of esters is 1. The van der Waals surface area contributed by atoms with Crippen LogP contribution in [0.4, 0.5) is 0 Å². The van der Waals surface area contributed by atoms with Crippen LogP contribution in [0.1, 0.15) is 30.2 Å². The van der Waals surface area contributed by atoms with Crippen molar-refractivity contribution in [1.29, 1.82) is 0 Å². The fraction of sp³-hybridized carbons (Fsp3) is 0.300. The molecule has 5 heteroatoms. The van der Waals surface area contributed by atoms with Gasteiger partial charge < -0.3 is 14.1 Å². The SMILES string of the molecule is CCOC(=O)CCN(Cc1ccco1)C(=O)/C=C/c1ccc(C)cc1. The Morgan fingerprint density at radius 3 is 2.60 bits per heavy atom. The summed E-state index contributed by atoms with van der Waals surface area (Å²) in [5, 5.41) is 0. The van der Waals surface area contributed by atoms with Crippen molar-refractivity contribution < 1.29 is 18.7 Å². The molecule has 0 unspecified atom stereocenters. The van der Waals surface area contributed by atoms with Gasteiger partial charge >= 0.3 is 5.97 Å². The van der Waals surface area contributed by atoms with Crippen LogP contribution in [0, 0.1) is 6.92 Å². The number of aryl methyl sites for hydroxylation is 1. The van der Waals surface area contributed by atoms with Crippen molar-refractivity contribution in [3.05, 3.63) is 65.6 Å². The number of nitrogens with zero attached hydrogens (tertiary/aromatic N) is 1. The van der Waals surface area contributed by atoms with Crippen molar-refractivity contribution in [1.82, 2.24) is 4.90 Å². The van der Waals surface area contributed by atoms with E-state index >= 15 is 0 Å². The average molecular weight is 341 g/mol. The standard InChI is InChI=1S/C20H23NO4/c1-3-24-20(23)12-13-21(15-18-5-4-14-25-18)19(22)11-10-17-8-6-16(2)7-9-17/h4-11,14H,3,12-13,15H2,1-2H3/b11-10+. The summed E-state index contributed by atoms with van der Waals surface area (Å²) in [7, 11) is 0. The smallest absolute Gasteiger partial charge is 0.307 e. The van der Waals surface area contributed by atoms with Gasteiger partial charge in [-0.15, -0.1) is 0 Å². The van der Waals surface area contributed by atoms with Crippen LogP contribution in [0.3, 0.4) is 0 Å². The van der Waals surface area contributed by atoms with Gasteiger partial charge in [0, 0.05) is 12.6 Å². The Kier molecular flexibility index (Phi) is 7.01. The summed E-state index contributed by atoms with van der Waals surface area (Å²) in [5.41, 5.74) is 2.11. The third kappa shape index (κ3) is 6.30. The monoisotopic (exact) mass is 341 g/mol. The highest BCUT2D eigenvalue weighted by molar-refractivity contribution is 5.92. The Morgan fingerprint density at radius 1 is 1.20 bits per heavy atom. The maximum Gasteiger partial charge on any atom is 0.307 e. The first-order valence-electron chi connectivity index (χ1n) is 8.30. The van der Waals surface area contributed by atoms with Gasteiger partial charge in [0.1, 0.15) is 5.76 Å². The first-order chi connectivity index (χ1) is 12.1. The topological polar surface area (TPSA) is 59.8 Å². The summed E-state index contributed by atoms with van der Waals surface area (Å²) in [6.45, 7) is 4.69. The molecule has 0 aliphatic heterocycles. The molecule has 0 radical (unpaired) electrons. The Morgan fingerprint density at radius 2 is 1.96 bits per heavy atom. The lowest BCUT2D eigenvalue weighted by molar-refractivity contribution is -0.143. The number of carbonyl (C=O) groups excluding carboxylic acids is 2. The van der Waals surface area contributed by atoms with Gasteiger partial charge in [0.25, 0.3) is 0 Å². The zero-order valence-corrected chi connectivity index (χ0v) is 14.6. The van der Waals surface area contributed by atoms with Crippen LogP contribution in [0.2, 0.25) is 0 Å². The second kappa shape index (κ2) is 9.47. The van der Waals surface area contributed by atoms with Crippen molar-refractivity contribution >= 4 is 18.0 Å². The van der Waals surface area contributed by atoms with Crippen LogP contribution >= 0.6 is 0 Å². The summed E-state index contributed by atoms with van der Waals surface area (Å²) >= 11 is 0. The van der Waals surface area contributed by atoms with E-state index in [2.05, 4.69) is 0 Å². The number of rotatable bonds is 8. The lowest BCUT2D eigenvalue weighted by Gasteiger charge is -2.19. The highest BCUT2D eigenvalue weighted by atomic mass is 16.5. The van der Waals surface area contributed by atoms with Crippen LogP contribution in [-0.4, -0.2) is 29.9 Å². The highest BCUT2D eigenvalue weighted by Crippen LogP contribution is 2.10. The summed E-state index contributed by atoms with van der Waals surface area (Å²) in [6.07, 6.45) is 4.99. The molecule has 1 heterocycles. The Bertz CT molecular complexity index is 702. The van der Waals surface area contributed by atoms with Crippen molar-refractivity contribution in [2.75, 3.05) is 13.2 Å². The predicted molar refractivity (Wildman–Crippen MR) is 95.6 cm³/mol. The zero-order chi connectivity index (χ0) is 18.1. The second-order valence-corrected chi connectivity index (χ2v) is 5.64. The summed E-state index contributed by atoms with van der Waals surface area (Å²) in [4.78, 5) is 25.7. The fourth-order valence-corrected chi connectivity index (χ4v) is 2.27. The first-order valence-corrected chi connectivity index (χ1v) is 8.30. The van der Waals surface area contributed by atoms with Crippen molar-refractivity contribution in [2.45, 2.75) is 26.8 Å². The van der Waals surface area contributed by atoms with E-state index in [-0.39, 0.29) is 24.8 Å². The van der Waals surface area contributed by atoms with E-state index < -0.39 is 0 Å². The number of hydrogen-bond acceptors (Lipinski definition) is 4. The third-order valence-electron chi connectivity index (χ3n) is 3.63. The maximum absolute atomic E-state index is 12.5. The molecule has 0 fully saturated rings. The van der Waals surface area contributed by atoms with Gasteiger partial charge in [0.05, 0.1) is 25.8 Å². The molecule has 1 amide bonds. The molecule has 0 aliphatic carbocycles. The van der Waals surface area contributed by atoms with Crippen LogP contribution in [0.5, 0.6) is 0 Å². The quantitative estimate of drug-likeness (QED) is 0.544. The van der Waals surface area contributed by atoms with Crippen LogP contribution in [0.15, 0.2) is 53.2 Å². The minimum atomic E-state index is -0.317. The van der Waals surface area contributed by atoms with E-state index in [9.17, 15) is 9.59 Å². The van der Waals surface area contributed by atoms with Gasteiger partial charge in [-0.25, -0.2) is 0 Å². The Hall–Kier alpha value is -2.82. The molecular weight excluding hydrogens is 318 g/mol. The number of furan rings is 1. The number of ether oxygens (including phenoxy) is 1. The van der Waals surface area contributed by atoms with Crippen LogP contribution in [-0.2, 0) is 20.9 Å². The van der Waals surface area contributed by atoms with Crippen LogP contribution < -0.4 is 0 Å². The van der Waals surface area contributed by atoms with Gasteiger partial charge in [-0.2, -0.15) is 0 Å². The minimum Gasteiger partial charge on any atom is -0.467 e. The molecule has 0 saturated carbocycles. The Balaban J connectivity index is 2.02. The highest BCUT2D eigenvalue weighted by Gasteiger charge is 2.15. The molecule has 0 spiro atoms. The predicted octanol–water partition coefficient (Wildman–Crippen LogP) is 3.58. The molecular formula is C20H23NO4. The molecule has 1 aromatic heterocycles. The third-order valence-corrected chi connectivity index (χ3v) is 3.63. The molecule has 0 atom stereocenters. The van der Waals surface area contributed by atoms with Gasteiger partial charge in [-0.05, 0) is 37.6 Å². The second-order valence-electron chi connectivity index (χ2n) is 5.64. The molecule has 0 saturated heterocycles. The number of benzene rings is 1. The van der Waals surface area contributed by atoms with Crippen molar-refractivity contribution in [2.24, 2.45) is 0 Å². The van der Waals surface area contributed by atoms with E-state index in [1.165, 1.54) is 6.08 Å². The normalized spacial score (nSPS) is 10.8. The summed E-state index contributed by atoms with van der Waals surface area (Å²) in [5.74, 6) is 0.171. The van der Waals surface area contributed by atoms with E-state index in [0.717, 1.165) is 11.1 Å². The van der Waals surface area contributed by atoms with E-state index in [1.54, 1.807) is 36.3 Å². The molecule has 0 N–H and O–H groups in total. The lowest BCUT2D eigenvalue weighted by Crippen LogP contribution is -2.31. The van der Waals surface area contributed by atoms with E-state index in [0.29, 0.717) is 18.9 Å². The zero-order valence-electron chi connectivity index (χ0n) is 14.6. The van der Waals surface area contributed by atoms with E-state index in [1.807, 2.05) is 31.2 Å².